The van der Waals surface area contributed by atoms with Crippen molar-refractivity contribution in [3.63, 3.8) is 0 Å². The Hall–Kier alpha value is -1.37. The van der Waals surface area contributed by atoms with Crippen molar-refractivity contribution in [2.75, 3.05) is 0 Å². The van der Waals surface area contributed by atoms with E-state index in [1.54, 1.807) is 0 Å². The van der Waals surface area contributed by atoms with E-state index in [1.165, 1.54) is 10.9 Å². The monoisotopic (exact) mass is 352 g/mol. The number of nitrogens with zero attached hydrogens (tertiary/aromatic N) is 4. The quantitative estimate of drug-likeness (QED) is 0.680. The fourth-order valence-corrected chi connectivity index (χ4v) is 2.57. The molecule has 3 aromatic rings. The van der Waals surface area contributed by atoms with Crippen LogP contribution in [0.1, 0.15) is 12.6 Å². The minimum Gasteiger partial charge on any atom is -0.266 e. The zero-order valence-electron chi connectivity index (χ0n) is 10.0. The molecule has 0 saturated carbocycles. The van der Waals surface area contributed by atoms with Gasteiger partial charge in [-0.1, -0.05) is 18.2 Å². The summed E-state index contributed by atoms with van der Waals surface area (Å²) in [7, 11) is 0. The summed E-state index contributed by atoms with van der Waals surface area (Å²) in [5, 5.41) is 10.3. The van der Waals surface area contributed by atoms with Gasteiger partial charge in [0.2, 0.25) is 0 Å². The molecule has 2 heterocycles. The maximum atomic E-state index is 4.67. The Kier molecular flexibility index (Phi) is 3.07. The van der Waals surface area contributed by atoms with Crippen molar-refractivity contribution in [3.8, 4) is 0 Å². The van der Waals surface area contributed by atoms with Crippen LogP contribution in [0.5, 0.6) is 0 Å². The fourth-order valence-electron chi connectivity index (χ4n) is 2.13. The minimum atomic E-state index is 0.719. The number of benzene rings is 1. The van der Waals surface area contributed by atoms with Gasteiger partial charge in [0.05, 0.1) is 17.8 Å². The van der Waals surface area contributed by atoms with E-state index in [4.69, 9.17) is 0 Å². The standard InChI is InChI=1S/C13H13IN4/c1-2-18-12-6-4-3-5-10(12)11(15-18)9-17-8-7-13(14)16-17/h3-8H,2,9H2,1H3. The van der Waals surface area contributed by atoms with Crippen LogP contribution in [-0.4, -0.2) is 19.6 Å². The van der Waals surface area contributed by atoms with E-state index >= 15 is 0 Å². The second kappa shape index (κ2) is 4.72. The molecular formula is C13H13IN4. The molecular weight excluding hydrogens is 339 g/mol. The van der Waals surface area contributed by atoms with Crippen LogP contribution in [0.15, 0.2) is 36.5 Å². The van der Waals surface area contributed by atoms with Crippen LogP contribution in [0.25, 0.3) is 10.9 Å². The number of aryl methyl sites for hydroxylation is 1. The molecule has 0 aliphatic carbocycles. The normalized spacial score (nSPS) is 11.2. The van der Waals surface area contributed by atoms with Gasteiger partial charge in [0.15, 0.2) is 0 Å². The smallest absolute Gasteiger partial charge is 0.123 e. The summed E-state index contributed by atoms with van der Waals surface area (Å²) in [6.45, 7) is 3.72. The van der Waals surface area contributed by atoms with Crippen LogP contribution in [0.2, 0.25) is 0 Å². The molecule has 0 bridgehead atoms. The Bertz CT molecular complexity index is 683. The van der Waals surface area contributed by atoms with Gasteiger partial charge >= 0.3 is 0 Å². The van der Waals surface area contributed by atoms with E-state index < -0.39 is 0 Å². The summed E-state index contributed by atoms with van der Waals surface area (Å²) >= 11 is 2.22. The molecule has 0 saturated heterocycles. The van der Waals surface area contributed by atoms with Gasteiger partial charge in [0, 0.05) is 18.1 Å². The maximum Gasteiger partial charge on any atom is 0.123 e. The average Bonchev–Trinajstić information content (AvgIpc) is 2.95. The van der Waals surface area contributed by atoms with Crippen molar-refractivity contribution in [2.45, 2.75) is 20.0 Å². The molecule has 0 N–H and O–H groups in total. The second-order valence-electron chi connectivity index (χ2n) is 4.12. The first-order chi connectivity index (χ1) is 8.78. The highest BCUT2D eigenvalue weighted by molar-refractivity contribution is 14.1. The first kappa shape index (κ1) is 11.7. The number of fused-ring (bicyclic) bond motifs is 1. The summed E-state index contributed by atoms with van der Waals surface area (Å²) in [6, 6.07) is 10.3. The Morgan fingerprint density at radius 3 is 2.72 bits per heavy atom. The molecule has 1 aromatic carbocycles. The van der Waals surface area contributed by atoms with Crippen LogP contribution < -0.4 is 0 Å². The second-order valence-corrected chi connectivity index (χ2v) is 5.22. The highest BCUT2D eigenvalue weighted by Gasteiger charge is 2.09. The van der Waals surface area contributed by atoms with Gasteiger partial charge in [-0.05, 0) is 41.6 Å². The topological polar surface area (TPSA) is 35.6 Å². The molecule has 0 unspecified atom stereocenters. The number of aromatic nitrogens is 4. The van der Waals surface area contributed by atoms with E-state index in [1.807, 2.05) is 21.6 Å². The molecule has 0 aliphatic rings. The van der Waals surface area contributed by atoms with E-state index in [-0.39, 0.29) is 0 Å². The van der Waals surface area contributed by atoms with Crippen molar-refractivity contribution in [1.29, 1.82) is 0 Å². The zero-order chi connectivity index (χ0) is 12.5. The Morgan fingerprint density at radius 1 is 1.17 bits per heavy atom. The van der Waals surface area contributed by atoms with Gasteiger partial charge in [-0.25, -0.2) is 0 Å². The van der Waals surface area contributed by atoms with Crippen molar-refractivity contribution < 1.29 is 0 Å². The largest absolute Gasteiger partial charge is 0.266 e. The lowest BCUT2D eigenvalue weighted by Gasteiger charge is -1.98. The predicted molar refractivity (Wildman–Crippen MR) is 79.5 cm³/mol. The predicted octanol–water partition coefficient (Wildman–Crippen LogP) is 2.91. The van der Waals surface area contributed by atoms with Crippen LogP contribution in [-0.2, 0) is 13.1 Å². The van der Waals surface area contributed by atoms with Crippen molar-refractivity contribution in [1.82, 2.24) is 19.6 Å². The Balaban J connectivity index is 2.06. The SMILES string of the molecule is CCn1nc(Cn2ccc(I)n2)c2ccccc21. The van der Waals surface area contributed by atoms with Crippen molar-refractivity contribution in [2.24, 2.45) is 0 Å². The summed E-state index contributed by atoms with van der Waals surface area (Å²) in [6.07, 6.45) is 1.99. The van der Waals surface area contributed by atoms with Crippen molar-refractivity contribution >= 4 is 33.5 Å². The lowest BCUT2D eigenvalue weighted by Crippen LogP contribution is -2.03. The highest BCUT2D eigenvalue weighted by Crippen LogP contribution is 2.19. The number of para-hydroxylation sites is 1. The van der Waals surface area contributed by atoms with Gasteiger partial charge in [0.1, 0.15) is 3.70 Å². The molecule has 5 heteroatoms. The van der Waals surface area contributed by atoms with Gasteiger partial charge in [-0.15, -0.1) is 0 Å². The number of rotatable bonds is 3. The first-order valence-corrected chi connectivity index (χ1v) is 6.99. The third kappa shape index (κ3) is 2.03. The van der Waals surface area contributed by atoms with E-state index in [0.717, 1.165) is 22.5 Å². The van der Waals surface area contributed by atoms with Crippen LogP contribution in [0.3, 0.4) is 0 Å². The summed E-state index contributed by atoms with van der Waals surface area (Å²) in [4.78, 5) is 0. The molecule has 0 atom stereocenters. The summed E-state index contributed by atoms with van der Waals surface area (Å²) in [5.74, 6) is 0. The van der Waals surface area contributed by atoms with Gasteiger partial charge < -0.3 is 0 Å². The molecule has 4 nitrogen and oxygen atoms in total. The third-order valence-electron chi connectivity index (χ3n) is 2.95. The van der Waals surface area contributed by atoms with Crippen LogP contribution >= 0.6 is 22.6 Å². The number of hydrogen-bond acceptors (Lipinski definition) is 2. The van der Waals surface area contributed by atoms with Gasteiger partial charge in [-0.2, -0.15) is 10.2 Å². The fraction of sp³-hybridized carbons (Fsp3) is 0.231. The molecule has 0 aliphatic heterocycles. The van der Waals surface area contributed by atoms with Gasteiger partial charge in [-0.3, -0.25) is 9.36 Å². The van der Waals surface area contributed by atoms with Crippen LogP contribution in [0.4, 0.5) is 0 Å². The van der Waals surface area contributed by atoms with Gasteiger partial charge in [0.25, 0.3) is 0 Å². The number of hydrogen-bond donors (Lipinski definition) is 0. The molecule has 2 aromatic heterocycles. The molecule has 0 amide bonds. The van der Waals surface area contributed by atoms with E-state index in [9.17, 15) is 0 Å². The maximum absolute atomic E-state index is 4.67. The lowest BCUT2D eigenvalue weighted by atomic mass is 10.2. The van der Waals surface area contributed by atoms with E-state index in [0.29, 0.717) is 0 Å². The highest BCUT2D eigenvalue weighted by atomic mass is 127. The molecule has 0 radical (unpaired) electrons. The van der Waals surface area contributed by atoms with Crippen LogP contribution in [0, 0.1) is 3.70 Å². The molecule has 92 valence electrons. The minimum absolute atomic E-state index is 0.719. The molecule has 0 fully saturated rings. The first-order valence-electron chi connectivity index (χ1n) is 5.91. The van der Waals surface area contributed by atoms with E-state index in [2.05, 4.69) is 64.0 Å². The molecule has 0 spiro atoms. The lowest BCUT2D eigenvalue weighted by molar-refractivity contribution is 0.625. The van der Waals surface area contributed by atoms with Crippen molar-refractivity contribution in [3.05, 3.63) is 45.9 Å². The zero-order valence-corrected chi connectivity index (χ0v) is 12.2. The third-order valence-corrected chi connectivity index (χ3v) is 3.53. The summed E-state index contributed by atoms with van der Waals surface area (Å²) < 4.78 is 4.97. The molecule has 18 heavy (non-hydrogen) atoms. The molecule has 3 rings (SSSR count). The average molecular weight is 352 g/mol. The summed E-state index contributed by atoms with van der Waals surface area (Å²) in [5.41, 5.74) is 2.27. The Labute approximate surface area is 119 Å². The Morgan fingerprint density at radius 2 is 2.00 bits per heavy atom. The number of halogens is 1.